The van der Waals surface area contributed by atoms with Gasteiger partial charge in [-0.25, -0.2) is 63.7 Å². The number of alkyl halides is 5. The molecule has 0 saturated heterocycles. The molecule has 0 bridgehead atoms. The molecule has 0 radical (unpaired) electrons. The lowest BCUT2D eigenvalue weighted by Gasteiger charge is -2.36. The van der Waals surface area contributed by atoms with Gasteiger partial charge in [-0.1, -0.05) is 68.1 Å². The summed E-state index contributed by atoms with van der Waals surface area (Å²) >= 11 is 0. The first-order valence-corrected chi connectivity index (χ1v) is 36.6. The maximum absolute atomic E-state index is 12.6. The number of imidazole rings is 6. The van der Waals surface area contributed by atoms with E-state index in [1.54, 1.807) is 23.3 Å². The Kier molecular flexibility index (Phi) is 35.7. The number of hydrogen-bond acceptors (Lipinski definition) is 38. The highest BCUT2D eigenvalue weighted by Gasteiger charge is 2.39. The summed E-state index contributed by atoms with van der Waals surface area (Å²) in [6.07, 6.45) is 21.4. The molecule has 0 spiro atoms. The first-order chi connectivity index (χ1) is 59.4. The Hall–Kier alpha value is -14.7. The van der Waals surface area contributed by atoms with Crippen molar-refractivity contribution in [3.63, 3.8) is 0 Å². The van der Waals surface area contributed by atoms with Crippen LogP contribution in [0, 0.1) is 66.6 Å². The molecule has 13 rings (SSSR count). The van der Waals surface area contributed by atoms with Gasteiger partial charge >= 0.3 is 35.7 Å². The van der Waals surface area contributed by atoms with Gasteiger partial charge in [0, 0.05) is 38.5 Å². The summed E-state index contributed by atoms with van der Waals surface area (Å²) in [6.45, 7) is -1.17. The number of aryl methyl sites for hydroxylation is 3. The van der Waals surface area contributed by atoms with Gasteiger partial charge in [0.2, 0.25) is 0 Å². The van der Waals surface area contributed by atoms with Crippen molar-refractivity contribution in [2.75, 3.05) is 33.3 Å². The predicted octanol–water partition coefficient (Wildman–Crippen LogP) is 0.398. The Bertz CT molecular complexity index is 5390. The topological polar surface area (TPSA) is 706 Å². The van der Waals surface area contributed by atoms with E-state index < -0.39 is 124 Å². The summed E-state index contributed by atoms with van der Waals surface area (Å²) in [4.78, 5) is 106. The molecular weight excluding hydrogens is 1670 g/mol. The fourth-order valence-corrected chi connectivity index (χ4v) is 11.5. The fourth-order valence-electron chi connectivity index (χ4n) is 11.5. The summed E-state index contributed by atoms with van der Waals surface area (Å²) in [6, 6.07) is -1.35. The summed E-state index contributed by atoms with van der Waals surface area (Å²) < 4.78 is 77.4. The molecule has 0 aromatic carbocycles. The van der Waals surface area contributed by atoms with E-state index in [9.17, 15) is 108 Å². The molecule has 1 saturated carbocycles. The number of carbonyl (C=O) groups excluding carboxylic acids is 2. The third kappa shape index (κ3) is 27.9. The highest BCUT2D eigenvalue weighted by atomic mass is 18.2. The molecular formula is C63H79F5N36O20. The maximum Gasteiger partial charge on any atom is 0.434 e. The van der Waals surface area contributed by atoms with Crippen molar-refractivity contribution in [1.29, 1.82) is 0 Å². The average Bonchev–Trinajstić information content (AvgIpc) is 1.41. The van der Waals surface area contributed by atoms with E-state index in [4.69, 9.17) is 15.3 Å². The Balaban J connectivity index is 0.000000186. The van der Waals surface area contributed by atoms with Crippen LogP contribution in [0.1, 0.15) is 85.3 Å². The van der Waals surface area contributed by atoms with Crippen molar-refractivity contribution in [3.8, 4) is 0 Å². The molecule has 0 amide bonds. The number of carbonyl (C=O) groups is 2. The molecule has 12 heterocycles. The fraction of sp³-hybridized carbons (Fsp3) is 0.492. The van der Waals surface area contributed by atoms with Gasteiger partial charge in [-0.2, -0.15) is 0 Å². The molecule has 8 atom stereocenters. The lowest BCUT2D eigenvalue weighted by Crippen LogP contribution is -2.41. The first kappa shape index (κ1) is 94.7. The van der Waals surface area contributed by atoms with Crippen LogP contribution in [0.3, 0.4) is 0 Å². The van der Waals surface area contributed by atoms with E-state index in [0.717, 1.165) is 17.5 Å². The molecule has 6 N–H and O–H groups in total. The number of nitro groups is 6. The van der Waals surface area contributed by atoms with E-state index >= 15 is 0 Å². The number of rotatable bonds is 39. The highest BCUT2D eigenvalue weighted by Crippen LogP contribution is 2.35. The number of halogens is 5. The number of hydrogen-bond donors (Lipinski definition) is 6. The molecule has 1 aliphatic rings. The minimum absolute atomic E-state index is 0.0183. The van der Waals surface area contributed by atoms with E-state index in [0.29, 0.717) is 41.6 Å². The van der Waals surface area contributed by atoms with Crippen molar-refractivity contribution in [2.45, 2.75) is 160 Å². The van der Waals surface area contributed by atoms with Gasteiger partial charge in [0.1, 0.15) is 193 Å². The Morgan fingerprint density at radius 2 is 0.847 bits per heavy atom. The smallest absolute Gasteiger partial charge is 0.394 e. The van der Waals surface area contributed by atoms with Gasteiger partial charge in [-0.3, -0.25) is 23.3 Å². The molecule has 1 aliphatic carbocycles. The number of aliphatic hydroxyl groups is 6. The molecule has 124 heavy (non-hydrogen) atoms. The lowest BCUT2D eigenvalue weighted by atomic mass is 9.79. The SMILES string of the molecule is CCCn1cc(Cn2ccnc2[N+](=O)[O-])nn1.O=C(CC1CC(O)C(n2cc(C[18F])nn2)CC1O)Cn1ccnc1[N+](=O)[O-].O=C(CCn1cc(CC[18F])nn1)Cn1ccnc1[N+](=O)[O-].O=[N+]([O-])c1nccn1Cc1cn(C(CO)C[18F])nn1.O=[N+]([O-])c1nccn1Cc1cn(CC(O)C(O)C[18F])nn1.O=[N+]([O-])c1nccn1Cc1cn(CC(O)C[18F])nn1. The van der Waals surface area contributed by atoms with Crippen molar-refractivity contribution in [1.82, 2.24) is 147 Å². The molecule has 12 aromatic heterocycles. The second-order valence-electron chi connectivity index (χ2n) is 26.5. The maximum atomic E-state index is 12.6. The van der Waals surface area contributed by atoms with Gasteiger partial charge in [0.25, 0.3) is 0 Å². The second kappa shape index (κ2) is 46.7. The number of aromatic nitrogens is 30. The van der Waals surface area contributed by atoms with Crippen molar-refractivity contribution >= 4 is 47.3 Å². The minimum Gasteiger partial charge on any atom is -0.394 e. The predicted molar refractivity (Wildman–Crippen MR) is 400 cm³/mol. The van der Waals surface area contributed by atoms with Crippen LogP contribution in [-0.2, 0) is 88.1 Å². The molecule has 56 nitrogen and oxygen atoms in total. The minimum atomic E-state index is -1.49. The Labute approximate surface area is 690 Å². The van der Waals surface area contributed by atoms with E-state index in [1.165, 1.54) is 139 Å². The highest BCUT2D eigenvalue weighted by molar-refractivity contribution is 5.79. The van der Waals surface area contributed by atoms with Gasteiger partial charge in [0.15, 0.2) is 11.6 Å². The van der Waals surface area contributed by atoms with Crippen molar-refractivity contribution < 1.29 is 91.7 Å². The molecule has 0 aliphatic heterocycles. The molecule has 12 aromatic rings. The molecule has 666 valence electrons. The third-order valence-electron chi connectivity index (χ3n) is 17.3. The van der Waals surface area contributed by atoms with Crippen molar-refractivity contribution in [3.05, 3.63) is 206 Å². The average molecular weight is 1750 g/mol. The normalized spacial score (nSPS) is 15.0. The quantitative estimate of drug-likeness (QED) is 0.0172. The molecule has 8 unspecified atom stereocenters. The number of ketones is 2. The van der Waals surface area contributed by atoms with Crippen LogP contribution in [0.25, 0.3) is 0 Å². The van der Waals surface area contributed by atoms with Crippen LogP contribution < -0.4 is 0 Å². The van der Waals surface area contributed by atoms with Crippen LogP contribution in [-0.4, -0.2) is 283 Å². The van der Waals surface area contributed by atoms with Crippen LogP contribution >= 0.6 is 0 Å². The summed E-state index contributed by atoms with van der Waals surface area (Å²) in [7, 11) is 0. The van der Waals surface area contributed by atoms with Crippen LogP contribution in [0.15, 0.2) is 112 Å². The van der Waals surface area contributed by atoms with Crippen LogP contribution in [0.5, 0.6) is 0 Å². The van der Waals surface area contributed by atoms with Crippen LogP contribution in [0.2, 0.25) is 0 Å². The Morgan fingerprint density at radius 3 is 1.27 bits per heavy atom. The summed E-state index contributed by atoms with van der Waals surface area (Å²) in [5, 5.41) is 167. The zero-order valence-electron chi connectivity index (χ0n) is 65.0. The molecule has 61 heteroatoms. The molecule has 1 fully saturated rings. The monoisotopic (exact) mass is 1750 g/mol. The number of aliphatic hydroxyl groups excluding tert-OH is 6. The summed E-state index contributed by atoms with van der Waals surface area (Å²) in [5.74, 6) is -2.90. The zero-order chi connectivity index (χ0) is 90.1. The first-order valence-electron chi connectivity index (χ1n) is 36.6. The number of nitrogens with zero attached hydrogens (tertiary/aromatic N) is 36. The van der Waals surface area contributed by atoms with Gasteiger partial charge in [0.05, 0.1) is 81.3 Å². The largest absolute Gasteiger partial charge is 0.434 e. The Morgan fingerprint density at radius 1 is 0.452 bits per heavy atom. The lowest BCUT2D eigenvalue weighted by molar-refractivity contribution is -0.396. The number of Topliss-reactive ketones (excluding diaryl/α,β-unsaturated/α-hetero) is 2. The third-order valence-corrected chi connectivity index (χ3v) is 17.3. The van der Waals surface area contributed by atoms with E-state index in [1.807, 2.05) is 6.92 Å². The second-order valence-corrected chi connectivity index (χ2v) is 26.5. The van der Waals surface area contributed by atoms with Crippen molar-refractivity contribution in [2.24, 2.45) is 5.92 Å². The van der Waals surface area contributed by atoms with Gasteiger partial charge in [-0.05, 0) is 54.7 Å². The van der Waals surface area contributed by atoms with Gasteiger partial charge in [-0.15, -0.1) is 30.6 Å². The van der Waals surface area contributed by atoms with Gasteiger partial charge < -0.3 is 91.3 Å². The van der Waals surface area contributed by atoms with Crippen LogP contribution in [0.4, 0.5) is 57.6 Å². The summed E-state index contributed by atoms with van der Waals surface area (Å²) in [5.41, 5.74) is 2.60. The van der Waals surface area contributed by atoms with E-state index in [2.05, 4.69) is 91.8 Å². The van der Waals surface area contributed by atoms with E-state index in [-0.39, 0.29) is 125 Å². The standard InChI is InChI=1S/C15H19FN6O5.C11H13FN6O3.C10H13FN6O4.2C9H11FN6O3.C9H12N6O2/c16-6-10-7-21(19-18-10)12-5-13(24)9(4-14(12)25)3-11(23)8-20-2-1-17-15(20)22(26)27;12-3-1-9-7-17(15-14-9)5-2-10(19)8-16-6-4-13-11(16)18(20)21;11-3-8(18)9(19)6-16-5-7(13-14-16)4-15-2-1-12-10(15)17(20)21;10-3-8(6-17)15-5-7(12-13-15)4-14-2-1-11-9(14)16(18)19;10-3-8(17)6-15-5-7(12-13-15)4-14-2-1-11-9(14)16(18)19;1-2-4-14-7-8(11-12-14)6-13-5-3-10-9(13)15(16)17/h1-2,7,9,12-14,24-25H,3-6,8H2;4,6-7H,1-3,5,8H2;1-2,5,8-9,18-19H,3-4,6H2;2*1-2,5,8,17H,3-4,6H2;3,5,7H,2,4,6H2,1H3/i16-1;12-1;11-1;2*10-1;. The zero-order valence-corrected chi connectivity index (χ0v) is 65.0.